The molecular formula is C17H31IN6. The molecule has 0 atom stereocenters. The van der Waals surface area contributed by atoms with E-state index in [1.807, 2.05) is 6.20 Å². The average Bonchev–Trinajstić information content (AvgIpc) is 2.61. The second kappa shape index (κ2) is 11.5. The Labute approximate surface area is 163 Å². The summed E-state index contributed by atoms with van der Waals surface area (Å²) < 4.78 is 0. The van der Waals surface area contributed by atoms with Gasteiger partial charge in [0.05, 0.1) is 6.54 Å². The molecule has 24 heavy (non-hydrogen) atoms. The molecule has 0 amide bonds. The highest BCUT2D eigenvalue weighted by Gasteiger charge is 2.16. The standard InChI is InChI=1S/C17H30N6.HI/c1-4-18-17(19-5-2)21-14-15-7-8-16(20-13-15)23-11-9-22(6-3)10-12-23;/h7-8,13H,4-6,9-12,14H2,1-3H3,(H2,18,19,21);1H. The van der Waals surface area contributed by atoms with Crippen LogP contribution in [0.3, 0.4) is 0 Å². The van der Waals surface area contributed by atoms with Gasteiger partial charge >= 0.3 is 0 Å². The predicted molar refractivity (Wildman–Crippen MR) is 112 cm³/mol. The Morgan fingerprint density at radius 1 is 1.08 bits per heavy atom. The molecule has 0 bridgehead atoms. The number of hydrogen-bond acceptors (Lipinski definition) is 4. The number of guanidine groups is 1. The molecule has 6 nitrogen and oxygen atoms in total. The van der Waals surface area contributed by atoms with E-state index < -0.39 is 0 Å². The summed E-state index contributed by atoms with van der Waals surface area (Å²) in [5, 5.41) is 6.46. The first-order valence-electron chi connectivity index (χ1n) is 8.71. The maximum absolute atomic E-state index is 4.62. The molecule has 0 aliphatic carbocycles. The predicted octanol–water partition coefficient (Wildman–Crippen LogP) is 1.92. The van der Waals surface area contributed by atoms with Gasteiger partial charge in [0.15, 0.2) is 5.96 Å². The Bertz CT molecular complexity index is 474. The minimum Gasteiger partial charge on any atom is -0.357 e. The molecule has 136 valence electrons. The summed E-state index contributed by atoms with van der Waals surface area (Å²) in [6.07, 6.45) is 1.94. The lowest BCUT2D eigenvalue weighted by Gasteiger charge is -2.34. The molecule has 2 N–H and O–H groups in total. The number of piperazine rings is 1. The zero-order chi connectivity index (χ0) is 16.5. The van der Waals surface area contributed by atoms with Crippen LogP contribution in [0.4, 0.5) is 5.82 Å². The van der Waals surface area contributed by atoms with E-state index in [4.69, 9.17) is 0 Å². The maximum Gasteiger partial charge on any atom is 0.191 e. The number of hydrogen-bond donors (Lipinski definition) is 2. The van der Waals surface area contributed by atoms with Gasteiger partial charge in [-0.25, -0.2) is 9.98 Å². The van der Waals surface area contributed by atoms with E-state index in [0.717, 1.165) is 63.2 Å². The third-order valence-corrected chi connectivity index (χ3v) is 4.06. The van der Waals surface area contributed by atoms with E-state index in [1.165, 1.54) is 0 Å². The number of pyridine rings is 1. The maximum atomic E-state index is 4.62. The van der Waals surface area contributed by atoms with Gasteiger partial charge in [-0.05, 0) is 32.0 Å². The lowest BCUT2D eigenvalue weighted by molar-refractivity contribution is 0.270. The Balaban J connectivity index is 0.00000288. The third kappa shape index (κ3) is 6.43. The third-order valence-electron chi connectivity index (χ3n) is 4.06. The van der Waals surface area contributed by atoms with Crippen LogP contribution in [0.2, 0.25) is 0 Å². The zero-order valence-corrected chi connectivity index (χ0v) is 17.4. The fourth-order valence-electron chi connectivity index (χ4n) is 2.67. The summed E-state index contributed by atoms with van der Waals surface area (Å²) >= 11 is 0. The van der Waals surface area contributed by atoms with Crippen LogP contribution in [0.5, 0.6) is 0 Å². The van der Waals surface area contributed by atoms with Crippen molar-refractivity contribution in [2.24, 2.45) is 4.99 Å². The summed E-state index contributed by atoms with van der Waals surface area (Å²) in [4.78, 5) is 14.0. The minimum atomic E-state index is 0. The number of halogens is 1. The van der Waals surface area contributed by atoms with Crippen LogP contribution >= 0.6 is 24.0 Å². The summed E-state index contributed by atoms with van der Waals surface area (Å²) in [6, 6.07) is 4.25. The van der Waals surface area contributed by atoms with Crippen LogP contribution in [-0.2, 0) is 6.54 Å². The normalized spacial score (nSPS) is 14.7. The smallest absolute Gasteiger partial charge is 0.191 e. The second-order valence-corrected chi connectivity index (χ2v) is 5.67. The van der Waals surface area contributed by atoms with Crippen molar-refractivity contribution < 1.29 is 0 Å². The van der Waals surface area contributed by atoms with Crippen molar-refractivity contribution in [3.63, 3.8) is 0 Å². The molecule has 1 saturated heterocycles. The highest BCUT2D eigenvalue weighted by Crippen LogP contribution is 2.14. The van der Waals surface area contributed by atoms with Gasteiger partial charge in [0, 0.05) is 45.5 Å². The van der Waals surface area contributed by atoms with Crippen molar-refractivity contribution in [2.75, 3.05) is 50.7 Å². The van der Waals surface area contributed by atoms with Gasteiger partial charge in [0.25, 0.3) is 0 Å². The number of rotatable bonds is 6. The van der Waals surface area contributed by atoms with Crippen LogP contribution in [0.15, 0.2) is 23.3 Å². The van der Waals surface area contributed by atoms with Crippen molar-refractivity contribution in [3.8, 4) is 0 Å². The van der Waals surface area contributed by atoms with E-state index in [1.54, 1.807) is 0 Å². The van der Waals surface area contributed by atoms with Gasteiger partial charge in [-0.15, -0.1) is 24.0 Å². The van der Waals surface area contributed by atoms with Crippen molar-refractivity contribution in [2.45, 2.75) is 27.3 Å². The van der Waals surface area contributed by atoms with Crippen LogP contribution in [-0.4, -0.2) is 61.7 Å². The lowest BCUT2D eigenvalue weighted by Crippen LogP contribution is -2.46. The molecule has 0 aromatic carbocycles. The quantitative estimate of drug-likeness (QED) is 0.398. The Kier molecular flexibility index (Phi) is 10.0. The van der Waals surface area contributed by atoms with Gasteiger partial charge in [-0.3, -0.25) is 0 Å². The van der Waals surface area contributed by atoms with Crippen LogP contribution in [0.25, 0.3) is 0 Å². The van der Waals surface area contributed by atoms with E-state index in [2.05, 4.69) is 63.3 Å². The molecule has 1 aliphatic rings. The molecule has 1 fully saturated rings. The summed E-state index contributed by atoms with van der Waals surface area (Å²) in [6.45, 7) is 14.2. The fraction of sp³-hybridized carbons (Fsp3) is 0.647. The first-order valence-corrected chi connectivity index (χ1v) is 8.71. The number of aromatic nitrogens is 1. The molecule has 2 heterocycles. The Morgan fingerprint density at radius 3 is 2.25 bits per heavy atom. The number of nitrogens with one attached hydrogen (secondary N) is 2. The SMILES string of the molecule is CCNC(=NCc1ccc(N2CCN(CC)CC2)nc1)NCC.I. The fourth-order valence-corrected chi connectivity index (χ4v) is 2.67. The van der Waals surface area contributed by atoms with Crippen molar-refractivity contribution in [3.05, 3.63) is 23.9 Å². The first-order chi connectivity index (χ1) is 11.3. The molecule has 0 spiro atoms. The zero-order valence-electron chi connectivity index (χ0n) is 15.1. The van der Waals surface area contributed by atoms with Gasteiger partial charge < -0.3 is 20.4 Å². The van der Waals surface area contributed by atoms with Crippen LogP contribution < -0.4 is 15.5 Å². The summed E-state index contributed by atoms with van der Waals surface area (Å²) in [5.41, 5.74) is 1.13. The van der Waals surface area contributed by atoms with Gasteiger partial charge in [0.2, 0.25) is 0 Å². The lowest BCUT2D eigenvalue weighted by atomic mass is 10.2. The topological polar surface area (TPSA) is 55.8 Å². The molecule has 7 heteroatoms. The molecular weight excluding hydrogens is 415 g/mol. The van der Waals surface area contributed by atoms with Crippen molar-refractivity contribution in [1.82, 2.24) is 20.5 Å². The number of nitrogens with zero attached hydrogens (tertiary/aromatic N) is 4. The Morgan fingerprint density at radius 2 is 1.75 bits per heavy atom. The monoisotopic (exact) mass is 446 g/mol. The molecule has 2 rings (SSSR count). The summed E-state index contributed by atoms with van der Waals surface area (Å²) in [7, 11) is 0. The molecule has 1 aromatic rings. The van der Waals surface area contributed by atoms with E-state index in [0.29, 0.717) is 6.54 Å². The van der Waals surface area contributed by atoms with Crippen molar-refractivity contribution in [1.29, 1.82) is 0 Å². The van der Waals surface area contributed by atoms with Gasteiger partial charge in [-0.1, -0.05) is 13.0 Å². The number of likely N-dealkylation sites (N-methyl/N-ethyl adjacent to an activating group) is 1. The molecule has 0 saturated carbocycles. The van der Waals surface area contributed by atoms with E-state index in [-0.39, 0.29) is 24.0 Å². The second-order valence-electron chi connectivity index (χ2n) is 5.67. The highest BCUT2D eigenvalue weighted by molar-refractivity contribution is 14.0. The molecule has 1 aliphatic heterocycles. The van der Waals surface area contributed by atoms with Gasteiger partial charge in [-0.2, -0.15) is 0 Å². The molecule has 1 aromatic heterocycles. The molecule has 0 radical (unpaired) electrons. The highest BCUT2D eigenvalue weighted by atomic mass is 127. The number of anilines is 1. The summed E-state index contributed by atoms with van der Waals surface area (Å²) in [5.74, 6) is 1.93. The number of aliphatic imine (C=N–C) groups is 1. The van der Waals surface area contributed by atoms with Crippen LogP contribution in [0.1, 0.15) is 26.3 Å². The largest absolute Gasteiger partial charge is 0.357 e. The van der Waals surface area contributed by atoms with Gasteiger partial charge in [0.1, 0.15) is 5.82 Å². The average molecular weight is 446 g/mol. The van der Waals surface area contributed by atoms with Crippen molar-refractivity contribution >= 4 is 35.8 Å². The van der Waals surface area contributed by atoms with E-state index in [9.17, 15) is 0 Å². The van der Waals surface area contributed by atoms with Crippen LogP contribution in [0, 0.1) is 0 Å². The molecule has 0 unspecified atom stereocenters. The Hall–Kier alpha value is -1.09. The van der Waals surface area contributed by atoms with E-state index >= 15 is 0 Å². The first kappa shape index (κ1) is 21.0. The minimum absolute atomic E-state index is 0.